The summed E-state index contributed by atoms with van der Waals surface area (Å²) in [5, 5.41) is 3.08. The maximum Gasteiger partial charge on any atom is 0.223 e. The topological polar surface area (TPSA) is 101 Å². The molecule has 1 aromatic rings. The minimum Gasteiger partial charge on any atom is -0.370 e. The predicted molar refractivity (Wildman–Crippen MR) is 76.1 cm³/mol. The summed E-state index contributed by atoms with van der Waals surface area (Å²) in [4.78, 5) is 10.2. The molecule has 1 aliphatic heterocycles. The number of nitrogen functional groups attached to an aromatic ring is 1. The molecule has 106 valence electrons. The van der Waals surface area contributed by atoms with Crippen LogP contribution in [0.1, 0.15) is 13.8 Å². The van der Waals surface area contributed by atoms with Crippen LogP contribution in [-0.4, -0.2) is 49.0 Å². The number of hydrogen-bond acceptors (Lipinski definition) is 7. The van der Waals surface area contributed by atoms with E-state index in [1.165, 1.54) is 0 Å². The van der Waals surface area contributed by atoms with Crippen LogP contribution in [0.25, 0.3) is 0 Å². The molecule has 0 bridgehead atoms. The van der Waals surface area contributed by atoms with E-state index in [1.54, 1.807) is 6.07 Å². The fourth-order valence-corrected chi connectivity index (χ4v) is 3.77. The summed E-state index contributed by atoms with van der Waals surface area (Å²) in [5.74, 6) is 1.82. The van der Waals surface area contributed by atoms with Gasteiger partial charge in [0.2, 0.25) is 5.95 Å². The highest BCUT2D eigenvalue weighted by Gasteiger charge is 2.29. The minimum atomic E-state index is -2.94. The number of anilines is 3. The van der Waals surface area contributed by atoms with Crippen molar-refractivity contribution in [3.63, 3.8) is 0 Å². The van der Waals surface area contributed by atoms with Crippen LogP contribution in [0, 0.1) is 0 Å². The van der Waals surface area contributed by atoms with Gasteiger partial charge in [-0.2, -0.15) is 9.97 Å². The third-order valence-electron chi connectivity index (χ3n) is 3.05. The Morgan fingerprint density at radius 3 is 2.89 bits per heavy atom. The van der Waals surface area contributed by atoms with Gasteiger partial charge in [0.15, 0.2) is 9.84 Å². The second-order valence-electron chi connectivity index (χ2n) is 4.66. The van der Waals surface area contributed by atoms with E-state index in [-0.39, 0.29) is 23.5 Å². The first-order chi connectivity index (χ1) is 8.91. The Morgan fingerprint density at radius 2 is 2.26 bits per heavy atom. The summed E-state index contributed by atoms with van der Waals surface area (Å²) in [6.07, 6.45) is 0. The van der Waals surface area contributed by atoms with Crippen molar-refractivity contribution < 1.29 is 8.42 Å². The maximum atomic E-state index is 11.6. The Bertz CT molecular complexity index is 560. The van der Waals surface area contributed by atoms with Crippen LogP contribution in [0.5, 0.6) is 0 Å². The summed E-state index contributed by atoms with van der Waals surface area (Å²) < 4.78 is 23.2. The van der Waals surface area contributed by atoms with Gasteiger partial charge in [-0.05, 0) is 13.8 Å². The minimum absolute atomic E-state index is 0.109. The molecule has 0 amide bonds. The van der Waals surface area contributed by atoms with Crippen LogP contribution in [0.2, 0.25) is 0 Å². The molecule has 8 heteroatoms. The third-order valence-corrected chi connectivity index (χ3v) is 4.85. The Morgan fingerprint density at radius 1 is 1.53 bits per heavy atom. The lowest BCUT2D eigenvalue weighted by Gasteiger charge is -2.34. The molecule has 0 aromatic carbocycles. The number of hydrogen-bond donors (Lipinski definition) is 2. The van der Waals surface area contributed by atoms with Crippen LogP contribution in [0.15, 0.2) is 6.07 Å². The number of rotatable bonds is 3. The molecule has 0 aliphatic carbocycles. The maximum absolute atomic E-state index is 11.6. The molecule has 2 heterocycles. The average Bonchev–Trinajstić information content (AvgIpc) is 2.27. The molecule has 2 rings (SSSR count). The van der Waals surface area contributed by atoms with Gasteiger partial charge in [0.05, 0.1) is 11.5 Å². The van der Waals surface area contributed by atoms with Gasteiger partial charge >= 0.3 is 0 Å². The Kier molecular flexibility index (Phi) is 3.79. The van der Waals surface area contributed by atoms with Crippen LogP contribution < -0.4 is 16.0 Å². The fourth-order valence-electron chi connectivity index (χ4n) is 2.21. The van der Waals surface area contributed by atoms with E-state index < -0.39 is 9.84 Å². The molecule has 1 aliphatic rings. The molecule has 0 radical (unpaired) electrons. The monoisotopic (exact) mass is 285 g/mol. The van der Waals surface area contributed by atoms with Gasteiger partial charge in [-0.25, -0.2) is 8.42 Å². The highest BCUT2D eigenvalue weighted by Crippen LogP contribution is 2.22. The lowest BCUT2D eigenvalue weighted by atomic mass is 10.3. The second kappa shape index (κ2) is 5.20. The van der Waals surface area contributed by atoms with Crippen molar-refractivity contribution >= 4 is 27.4 Å². The third kappa shape index (κ3) is 3.25. The number of aromatic nitrogens is 2. The molecule has 19 heavy (non-hydrogen) atoms. The number of nitrogens with zero attached hydrogens (tertiary/aromatic N) is 3. The first-order valence-electron chi connectivity index (χ1n) is 6.27. The molecule has 1 fully saturated rings. The van der Waals surface area contributed by atoms with Crippen molar-refractivity contribution in [2.45, 2.75) is 19.9 Å². The fraction of sp³-hybridized carbons (Fsp3) is 0.636. The Labute approximate surface area is 113 Å². The summed E-state index contributed by atoms with van der Waals surface area (Å²) in [6, 6.07) is 1.69. The quantitative estimate of drug-likeness (QED) is 0.813. The van der Waals surface area contributed by atoms with Crippen molar-refractivity contribution in [1.29, 1.82) is 0 Å². The van der Waals surface area contributed by atoms with E-state index >= 15 is 0 Å². The highest BCUT2D eigenvalue weighted by molar-refractivity contribution is 7.91. The number of sulfone groups is 1. The normalized spacial score (nSPS) is 22.2. The highest BCUT2D eigenvalue weighted by atomic mass is 32.2. The molecule has 1 saturated heterocycles. The molecule has 0 saturated carbocycles. The zero-order valence-corrected chi connectivity index (χ0v) is 11.9. The van der Waals surface area contributed by atoms with Crippen LogP contribution in [0.3, 0.4) is 0 Å². The van der Waals surface area contributed by atoms with E-state index in [0.717, 1.165) is 6.54 Å². The van der Waals surface area contributed by atoms with Gasteiger partial charge in [-0.1, -0.05) is 0 Å². The lowest BCUT2D eigenvalue weighted by Crippen LogP contribution is -2.47. The van der Waals surface area contributed by atoms with Crippen molar-refractivity contribution in [3.8, 4) is 0 Å². The molecular weight excluding hydrogens is 266 g/mol. The number of nitrogens with two attached hydrogens (primary N) is 1. The molecule has 1 atom stereocenters. The SMILES string of the molecule is CCNc1cc(N2CCS(=O)(=O)CC2C)nc(N)n1. The first-order valence-corrected chi connectivity index (χ1v) is 8.09. The van der Waals surface area contributed by atoms with Crippen molar-refractivity contribution in [1.82, 2.24) is 9.97 Å². The van der Waals surface area contributed by atoms with Crippen LogP contribution in [0.4, 0.5) is 17.6 Å². The summed E-state index contributed by atoms with van der Waals surface area (Å²) in [6.45, 7) is 5.02. The lowest BCUT2D eigenvalue weighted by molar-refractivity contribution is 0.567. The van der Waals surface area contributed by atoms with E-state index in [9.17, 15) is 8.42 Å². The van der Waals surface area contributed by atoms with Gasteiger partial charge < -0.3 is 16.0 Å². The molecular formula is C11H19N5O2S. The van der Waals surface area contributed by atoms with E-state index in [2.05, 4.69) is 15.3 Å². The Hall–Kier alpha value is -1.57. The molecule has 0 spiro atoms. The standard InChI is InChI=1S/C11H19N5O2S/c1-3-13-9-6-10(15-11(12)14-9)16-4-5-19(17,18)7-8(16)2/h6,8H,3-5,7H2,1-2H3,(H3,12,13,14,15). The van der Waals surface area contributed by atoms with Gasteiger partial charge in [0, 0.05) is 25.2 Å². The van der Waals surface area contributed by atoms with E-state index in [4.69, 9.17) is 5.73 Å². The number of nitrogens with one attached hydrogen (secondary N) is 1. The van der Waals surface area contributed by atoms with E-state index in [0.29, 0.717) is 18.2 Å². The predicted octanol–water partition coefficient (Wildman–Crippen LogP) is 0.114. The smallest absolute Gasteiger partial charge is 0.223 e. The van der Waals surface area contributed by atoms with Gasteiger partial charge in [-0.15, -0.1) is 0 Å². The largest absolute Gasteiger partial charge is 0.370 e. The molecule has 7 nitrogen and oxygen atoms in total. The van der Waals surface area contributed by atoms with Crippen LogP contribution in [-0.2, 0) is 9.84 Å². The van der Waals surface area contributed by atoms with Gasteiger partial charge in [-0.3, -0.25) is 0 Å². The van der Waals surface area contributed by atoms with E-state index in [1.807, 2.05) is 18.7 Å². The molecule has 3 N–H and O–H groups in total. The van der Waals surface area contributed by atoms with Gasteiger partial charge in [0.25, 0.3) is 0 Å². The summed E-state index contributed by atoms with van der Waals surface area (Å²) >= 11 is 0. The average molecular weight is 285 g/mol. The zero-order chi connectivity index (χ0) is 14.0. The van der Waals surface area contributed by atoms with Crippen molar-refractivity contribution in [2.75, 3.05) is 40.5 Å². The van der Waals surface area contributed by atoms with Crippen LogP contribution >= 0.6 is 0 Å². The summed E-state index contributed by atoms with van der Waals surface area (Å²) in [5.41, 5.74) is 5.69. The van der Waals surface area contributed by atoms with Crippen molar-refractivity contribution in [3.05, 3.63) is 6.07 Å². The summed E-state index contributed by atoms with van der Waals surface area (Å²) in [7, 11) is -2.94. The second-order valence-corrected chi connectivity index (χ2v) is 6.89. The van der Waals surface area contributed by atoms with Crippen molar-refractivity contribution in [2.24, 2.45) is 0 Å². The zero-order valence-electron chi connectivity index (χ0n) is 11.1. The Balaban J connectivity index is 2.26. The molecule has 1 aromatic heterocycles. The first kappa shape index (κ1) is 13.9. The van der Waals surface area contributed by atoms with Gasteiger partial charge in [0.1, 0.15) is 11.6 Å². The molecule has 1 unspecified atom stereocenters.